The van der Waals surface area contributed by atoms with Gasteiger partial charge in [-0.2, -0.15) is 0 Å². The molecule has 6 heteroatoms. The summed E-state index contributed by atoms with van der Waals surface area (Å²) in [4.78, 5) is 18.4. The maximum absolute atomic E-state index is 11.5. The van der Waals surface area contributed by atoms with E-state index >= 15 is 0 Å². The van der Waals surface area contributed by atoms with Gasteiger partial charge in [-0.05, 0) is 25.1 Å². The summed E-state index contributed by atoms with van der Waals surface area (Å²) in [6.07, 6.45) is 1.09. The predicted molar refractivity (Wildman–Crippen MR) is 78.9 cm³/mol. The number of hydrogen-bond acceptors (Lipinski definition) is 4. The van der Waals surface area contributed by atoms with Crippen LogP contribution < -0.4 is 16.0 Å². The maximum atomic E-state index is 11.5. The summed E-state index contributed by atoms with van der Waals surface area (Å²) in [5.41, 5.74) is 7.54. The number of anilines is 1. The van der Waals surface area contributed by atoms with Crippen molar-refractivity contribution < 1.29 is 4.79 Å². The molecule has 2 aromatic rings. The van der Waals surface area contributed by atoms with Gasteiger partial charge in [0.25, 0.3) is 5.91 Å². The van der Waals surface area contributed by atoms with Crippen LogP contribution in [0.2, 0.25) is 0 Å². The molecule has 0 atom stereocenters. The van der Waals surface area contributed by atoms with Crippen molar-refractivity contribution in [1.29, 1.82) is 0 Å². The molecule has 1 aliphatic rings. The van der Waals surface area contributed by atoms with Gasteiger partial charge in [-0.1, -0.05) is 6.07 Å². The molecule has 0 radical (unpaired) electrons. The van der Waals surface area contributed by atoms with Gasteiger partial charge < -0.3 is 20.5 Å². The fourth-order valence-electron chi connectivity index (χ4n) is 2.73. The van der Waals surface area contributed by atoms with E-state index in [0.29, 0.717) is 11.1 Å². The predicted octanol–water partition coefficient (Wildman–Crippen LogP) is 0.472. The lowest BCUT2D eigenvalue weighted by Crippen LogP contribution is -2.29. The van der Waals surface area contributed by atoms with Crippen molar-refractivity contribution in [3.63, 3.8) is 0 Å². The molecule has 1 aromatic heterocycles. The van der Waals surface area contributed by atoms with Crippen LogP contribution in [0.1, 0.15) is 16.8 Å². The van der Waals surface area contributed by atoms with Crippen molar-refractivity contribution in [2.45, 2.75) is 6.42 Å². The Kier molecular flexibility index (Phi) is 3.31. The standard InChI is InChI=1S/C14H19N5O/c1-18-11-5-2-4-10(13(15)20)12(11)17-14(18)19-8-3-6-16-7-9-19/h2,4-5,16H,3,6-9H2,1H3,(H2,15,20). The summed E-state index contributed by atoms with van der Waals surface area (Å²) in [6, 6.07) is 5.54. The largest absolute Gasteiger partial charge is 0.366 e. The lowest BCUT2D eigenvalue weighted by Gasteiger charge is -2.20. The third-order valence-corrected chi connectivity index (χ3v) is 3.78. The monoisotopic (exact) mass is 273 g/mol. The molecule has 2 heterocycles. The summed E-state index contributed by atoms with van der Waals surface area (Å²) in [7, 11) is 1.98. The van der Waals surface area contributed by atoms with E-state index in [1.165, 1.54) is 0 Å². The lowest BCUT2D eigenvalue weighted by atomic mass is 10.2. The van der Waals surface area contributed by atoms with E-state index in [9.17, 15) is 4.79 Å². The number of fused-ring (bicyclic) bond motifs is 1. The Balaban J connectivity index is 2.10. The zero-order valence-electron chi connectivity index (χ0n) is 11.6. The molecule has 1 aliphatic heterocycles. The van der Waals surface area contributed by atoms with Crippen molar-refractivity contribution >= 4 is 22.9 Å². The van der Waals surface area contributed by atoms with E-state index in [4.69, 9.17) is 5.73 Å². The molecule has 6 nitrogen and oxygen atoms in total. The Morgan fingerprint density at radius 1 is 1.35 bits per heavy atom. The van der Waals surface area contributed by atoms with E-state index in [2.05, 4.69) is 15.2 Å². The van der Waals surface area contributed by atoms with Crippen LogP contribution in [0.3, 0.4) is 0 Å². The molecule has 20 heavy (non-hydrogen) atoms. The Morgan fingerprint density at radius 3 is 3.00 bits per heavy atom. The van der Waals surface area contributed by atoms with Crippen LogP contribution >= 0.6 is 0 Å². The number of nitrogens with two attached hydrogens (primary N) is 1. The number of aryl methyl sites for hydroxylation is 1. The number of carbonyl (C=O) groups excluding carboxylic acids is 1. The normalized spacial score (nSPS) is 16.4. The van der Waals surface area contributed by atoms with Gasteiger partial charge in [-0.15, -0.1) is 0 Å². The first-order chi connectivity index (χ1) is 9.68. The van der Waals surface area contributed by atoms with E-state index in [-0.39, 0.29) is 0 Å². The number of nitrogens with zero attached hydrogens (tertiary/aromatic N) is 3. The number of carbonyl (C=O) groups is 1. The molecule has 1 amide bonds. The summed E-state index contributed by atoms with van der Waals surface area (Å²) in [6.45, 7) is 3.87. The Bertz CT molecular complexity index is 640. The molecule has 1 aromatic carbocycles. The molecular weight excluding hydrogens is 254 g/mol. The van der Waals surface area contributed by atoms with Crippen LogP contribution in [-0.4, -0.2) is 41.6 Å². The number of amides is 1. The number of imidazole rings is 1. The highest BCUT2D eigenvalue weighted by Crippen LogP contribution is 2.24. The third-order valence-electron chi connectivity index (χ3n) is 3.78. The third kappa shape index (κ3) is 2.12. The van der Waals surface area contributed by atoms with Gasteiger partial charge in [0.2, 0.25) is 5.95 Å². The van der Waals surface area contributed by atoms with Gasteiger partial charge in [-0.25, -0.2) is 4.98 Å². The van der Waals surface area contributed by atoms with Crippen LogP contribution in [0.15, 0.2) is 18.2 Å². The molecular formula is C14H19N5O. The van der Waals surface area contributed by atoms with Gasteiger partial charge >= 0.3 is 0 Å². The van der Waals surface area contributed by atoms with Crippen molar-refractivity contribution in [1.82, 2.24) is 14.9 Å². The van der Waals surface area contributed by atoms with E-state index in [1.807, 2.05) is 23.7 Å². The van der Waals surface area contributed by atoms with Gasteiger partial charge in [0, 0.05) is 26.7 Å². The summed E-state index contributed by atoms with van der Waals surface area (Å²) >= 11 is 0. The number of hydrogen-bond donors (Lipinski definition) is 2. The number of rotatable bonds is 2. The molecule has 0 unspecified atom stereocenters. The first-order valence-corrected chi connectivity index (χ1v) is 6.89. The second-order valence-electron chi connectivity index (χ2n) is 5.10. The van der Waals surface area contributed by atoms with Crippen LogP contribution in [0.5, 0.6) is 0 Å². The zero-order chi connectivity index (χ0) is 14.1. The highest BCUT2D eigenvalue weighted by molar-refractivity contribution is 6.04. The second kappa shape index (κ2) is 5.13. The van der Waals surface area contributed by atoms with Crippen LogP contribution in [0.4, 0.5) is 5.95 Å². The second-order valence-corrected chi connectivity index (χ2v) is 5.10. The lowest BCUT2D eigenvalue weighted by molar-refractivity contribution is 0.100. The fourth-order valence-corrected chi connectivity index (χ4v) is 2.73. The van der Waals surface area contributed by atoms with Gasteiger partial charge in [0.15, 0.2) is 0 Å². The van der Waals surface area contributed by atoms with Gasteiger partial charge in [0.1, 0.15) is 5.52 Å². The zero-order valence-corrected chi connectivity index (χ0v) is 11.6. The molecule has 0 aliphatic carbocycles. The first kappa shape index (κ1) is 12.9. The molecule has 0 spiro atoms. The Morgan fingerprint density at radius 2 is 2.20 bits per heavy atom. The van der Waals surface area contributed by atoms with Crippen LogP contribution in [0, 0.1) is 0 Å². The van der Waals surface area contributed by atoms with Crippen molar-refractivity contribution in [3.8, 4) is 0 Å². The smallest absolute Gasteiger partial charge is 0.250 e. The number of para-hydroxylation sites is 1. The Hall–Kier alpha value is -2.08. The number of nitrogens with one attached hydrogen (secondary N) is 1. The first-order valence-electron chi connectivity index (χ1n) is 6.89. The average molecular weight is 273 g/mol. The average Bonchev–Trinajstić information content (AvgIpc) is 2.65. The van der Waals surface area contributed by atoms with Crippen molar-refractivity contribution in [3.05, 3.63) is 23.8 Å². The van der Waals surface area contributed by atoms with Crippen molar-refractivity contribution in [2.75, 3.05) is 31.1 Å². The molecule has 0 bridgehead atoms. The fraction of sp³-hybridized carbons (Fsp3) is 0.429. The topological polar surface area (TPSA) is 76.2 Å². The quantitative estimate of drug-likeness (QED) is 0.834. The SMILES string of the molecule is Cn1c(N2CCCNCC2)nc2c(C(N)=O)cccc21. The molecule has 0 saturated carbocycles. The number of primary amides is 1. The number of aromatic nitrogens is 2. The van der Waals surface area contributed by atoms with Crippen LogP contribution in [0.25, 0.3) is 11.0 Å². The van der Waals surface area contributed by atoms with Crippen molar-refractivity contribution in [2.24, 2.45) is 12.8 Å². The number of benzene rings is 1. The van der Waals surface area contributed by atoms with Gasteiger partial charge in [-0.3, -0.25) is 4.79 Å². The Labute approximate surface area is 117 Å². The molecule has 3 N–H and O–H groups in total. The van der Waals surface area contributed by atoms with E-state index in [1.54, 1.807) is 6.07 Å². The van der Waals surface area contributed by atoms with E-state index < -0.39 is 5.91 Å². The molecule has 1 saturated heterocycles. The highest BCUT2D eigenvalue weighted by Gasteiger charge is 2.19. The molecule has 106 valence electrons. The summed E-state index contributed by atoms with van der Waals surface area (Å²) in [5, 5.41) is 3.38. The summed E-state index contributed by atoms with van der Waals surface area (Å²) < 4.78 is 2.03. The van der Waals surface area contributed by atoms with E-state index in [0.717, 1.165) is 44.1 Å². The van der Waals surface area contributed by atoms with Gasteiger partial charge in [0.05, 0.1) is 11.1 Å². The van der Waals surface area contributed by atoms with Crippen LogP contribution in [-0.2, 0) is 7.05 Å². The molecule has 1 fully saturated rings. The maximum Gasteiger partial charge on any atom is 0.250 e. The summed E-state index contributed by atoms with van der Waals surface area (Å²) in [5.74, 6) is 0.468. The highest BCUT2D eigenvalue weighted by atomic mass is 16.1. The molecule has 3 rings (SSSR count). The minimum Gasteiger partial charge on any atom is -0.366 e. The minimum absolute atomic E-state index is 0.433. The minimum atomic E-state index is -0.433.